The van der Waals surface area contributed by atoms with Gasteiger partial charge >= 0.3 is 0 Å². The van der Waals surface area contributed by atoms with Crippen molar-refractivity contribution in [1.29, 1.82) is 0 Å². The quantitative estimate of drug-likeness (QED) is 0.622. The van der Waals surface area contributed by atoms with Gasteiger partial charge in [-0.3, -0.25) is 0 Å². The number of halogens is 1. The van der Waals surface area contributed by atoms with Gasteiger partial charge in [-0.15, -0.1) is 22.9 Å². The first-order valence-electron chi connectivity index (χ1n) is 4.63. The summed E-state index contributed by atoms with van der Waals surface area (Å²) in [6.07, 6.45) is 0. The Morgan fingerprint density at radius 3 is 3.00 bits per heavy atom. The lowest BCUT2D eigenvalue weighted by Crippen LogP contribution is -2.15. The molecule has 0 aliphatic carbocycles. The van der Waals surface area contributed by atoms with E-state index in [1.165, 1.54) is 15.6 Å². The molecule has 0 saturated carbocycles. The second-order valence-electron chi connectivity index (χ2n) is 3.12. The minimum Gasteiger partial charge on any atom is -0.311 e. The Kier molecular flexibility index (Phi) is 3.40. The third kappa shape index (κ3) is 2.08. The van der Waals surface area contributed by atoms with Crippen LogP contribution in [0, 0.1) is 0 Å². The van der Waals surface area contributed by atoms with Crippen LogP contribution in [0.15, 0.2) is 29.6 Å². The lowest BCUT2D eigenvalue weighted by molar-refractivity contribution is 0.735. The van der Waals surface area contributed by atoms with Crippen LogP contribution in [0.25, 0.3) is 10.1 Å². The molecule has 3 heteroatoms. The third-order valence-electron chi connectivity index (χ3n) is 2.15. The van der Waals surface area contributed by atoms with Gasteiger partial charge < -0.3 is 5.32 Å². The first-order chi connectivity index (χ1) is 6.92. The zero-order chi connectivity index (χ0) is 9.80. The van der Waals surface area contributed by atoms with Crippen LogP contribution >= 0.6 is 22.9 Å². The molecule has 1 aromatic heterocycles. The number of fused-ring (bicyclic) bond motifs is 1. The van der Waals surface area contributed by atoms with Crippen molar-refractivity contribution in [3.63, 3.8) is 0 Å². The van der Waals surface area contributed by atoms with Crippen LogP contribution in [-0.4, -0.2) is 12.4 Å². The molecule has 74 valence electrons. The van der Waals surface area contributed by atoms with Crippen LogP contribution in [0.2, 0.25) is 0 Å². The molecule has 0 saturated heterocycles. The summed E-state index contributed by atoms with van der Waals surface area (Å²) in [6.45, 7) is 1.78. The topological polar surface area (TPSA) is 12.0 Å². The van der Waals surface area contributed by atoms with Crippen molar-refractivity contribution in [1.82, 2.24) is 5.32 Å². The minimum atomic E-state index is 0.669. The highest BCUT2D eigenvalue weighted by molar-refractivity contribution is 7.17. The molecule has 0 atom stereocenters. The Labute approximate surface area is 92.7 Å². The summed E-state index contributed by atoms with van der Waals surface area (Å²) in [5.74, 6) is 0.669. The van der Waals surface area contributed by atoms with Crippen molar-refractivity contribution in [2.75, 3.05) is 12.4 Å². The van der Waals surface area contributed by atoms with Gasteiger partial charge in [-0.25, -0.2) is 0 Å². The van der Waals surface area contributed by atoms with E-state index < -0.39 is 0 Å². The molecule has 0 aliphatic heterocycles. The molecule has 1 N–H and O–H groups in total. The average Bonchev–Trinajstić information content (AvgIpc) is 2.63. The van der Waals surface area contributed by atoms with Crippen molar-refractivity contribution < 1.29 is 0 Å². The maximum absolute atomic E-state index is 5.60. The van der Waals surface area contributed by atoms with Gasteiger partial charge in [0.2, 0.25) is 0 Å². The molecule has 1 nitrogen and oxygen atoms in total. The molecular formula is C11H12ClNS. The lowest BCUT2D eigenvalue weighted by atomic mass is 10.2. The Hall–Kier alpha value is -0.570. The SMILES string of the molecule is ClCCNCc1csc2ccccc12. The molecule has 0 aliphatic rings. The number of alkyl halides is 1. The molecule has 0 amide bonds. The van der Waals surface area contributed by atoms with E-state index in [-0.39, 0.29) is 0 Å². The van der Waals surface area contributed by atoms with Crippen molar-refractivity contribution in [2.45, 2.75) is 6.54 Å². The zero-order valence-electron chi connectivity index (χ0n) is 7.79. The van der Waals surface area contributed by atoms with E-state index in [4.69, 9.17) is 11.6 Å². The summed E-state index contributed by atoms with van der Waals surface area (Å²) in [7, 11) is 0. The summed E-state index contributed by atoms with van der Waals surface area (Å²) in [5.41, 5.74) is 1.37. The number of benzene rings is 1. The maximum Gasteiger partial charge on any atom is 0.0348 e. The first kappa shape index (κ1) is 9.97. The Morgan fingerprint density at radius 1 is 1.29 bits per heavy atom. The van der Waals surface area contributed by atoms with Crippen LogP contribution in [-0.2, 0) is 6.54 Å². The van der Waals surface area contributed by atoms with Crippen LogP contribution in [0.5, 0.6) is 0 Å². The average molecular weight is 226 g/mol. The van der Waals surface area contributed by atoms with Gasteiger partial charge in [-0.1, -0.05) is 18.2 Å². The molecule has 0 fully saturated rings. The Balaban J connectivity index is 2.17. The highest BCUT2D eigenvalue weighted by atomic mass is 35.5. The second-order valence-corrected chi connectivity index (χ2v) is 4.41. The number of hydrogen-bond donors (Lipinski definition) is 1. The number of nitrogens with one attached hydrogen (secondary N) is 1. The summed E-state index contributed by atoms with van der Waals surface area (Å²) in [6, 6.07) is 8.49. The maximum atomic E-state index is 5.60. The van der Waals surface area contributed by atoms with E-state index in [1.54, 1.807) is 11.3 Å². The van der Waals surface area contributed by atoms with Gasteiger partial charge in [0.1, 0.15) is 0 Å². The van der Waals surface area contributed by atoms with Gasteiger partial charge in [0.05, 0.1) is 0 Å². The van der Waals surface area contributed by atoms with E-state index in [9.17, 15) is 0 Å². The van der Waals surface area contributed by atoms with Crippen LogP contribution in [0.1, 0.15) is 5.56 Å². The molecule has 0 radical (unpaired) electrons. The van der Waals surface area contributed by atoms with E-state index in [1.807, 2.05) is 0 Å². The molecule has 0 unspecified atom stereocenters. The fourth-order valence-electron chi connectivity index (χ4n) is 1.46. The molecule has 2 aromatic rings. The van der Waals surface area contributed by atoms with Crippen molar-refractivity contribution >= 4 is 33.0 Å². The molecule has 0 bridgehead atoms. The number of rotatable bonds is 4. The van der Waals surface area contributed by atoms with Crippen LogP contribution in [0.4, 0.5) is 0 Å². The third-order valence-corrected chi connectivity index (χ3v) is 3.35. The van der Waals surface area contributed by atoms with Crippen LogP contribution in [0.3, 0.4) is 0 Å². The Morgan fingerprint density at radius 2 is 2.14 bits per heavy atom. The highest BCUT2D eigenvalue weighted by Gasteiger charge is 2.01. The zero-order valence-corrected chi connectivity index (χ0v) is 9.37. The largest absolute Gasteiger partial charge is 0.311 e. The lowest BCUT2D eigenvalue weighted by Gasteiger charge is -2.00. The fraction of sp³-hybridized carbons (Fsp3) is 0.273. The van der Waals surface area contributed by atoms with Gasteiger partial charge in [0.15, 0.2) is 0 Å². The van der Waals surface area contributed by atoms with Gasteiger partial charge in [-0.05, 0) is 22.4 Å². The standard InChI is InChI=1S/C11H12ClNS/c12-5-6-13-7-9-8-14-11-4-2-1-3-10(9)11/h1-4,8,13H,5-7H2. The van der Waals surface area contributed by atoms with Crippen molar-refractivity contribution in [3.05, 3.63) is 35.2 Å². The number of hydrogen-bond acceptors (Lipinski definition) is 2. The molecule has 0 spiro atoms. The van der Waals surface area contributed by atoms with E-state index in [2.05, 4.69) is 35.0 Å². The summed E-state index contributed by atoms with van der Waals surface area (Å²) >= 11 is 7.40. The van der Waals surface area contributed by atoms with Gasteiger partial charge in [0.25, 0.3) is 0 Å². The molecule has 1 aromatic carbocycles. The summed E-state index contributed by atoms with van der Waals surface area (Å²) < 4.78 is 1.36. The van der Waals surface area contributed by atoms with E-state index in [0.717, 1.165) is 13.1 Å². The molecule has 1 heterocycles. The predicted octanol–water partition coefficient (Wildman–Crippen LogP) is 3.23. The second kappa shape index (κ2) is 4.78. The molecular weight excluding hydrogens is 214 g/mol. The Bertz CT molecular complexity index is 410. The summed E-state index contributed by atoms with van der Waals surface area (Å²) in [5, 5.41) is 6.88. The normalized spacial score (nSPS) is 10.9. The first-order valence-corrected chi connectivity index (χ1v) is 6.05. The highest BCUT2D eigenvalue weighted by Crippen LogP contribution is 2.25. The molecule has 14 heavy (non-hydrogen) atoms. The molecule has 2 rings (SSSR count). The number of thiophene rings is 1. The monoisotopic (exact) mass is 225 g/mol. The predicted molar refractivity (Wildman–Crippen MR) is 64.3 cm³/mol. The summed E-state index contributed by atoms with van der Waals surface area (Å²) in [4.78, 5) is 0. The van der Waals surface area contributed by atoms with Crippen molar-refractivity contribution in [3.8, 4) is 0 Å². The smallest absolute Gasteiger partial charge is 0.0348 e. The minimum absolute atomic E-state index is 0.669. The van der Waals surface area contributed by atoms with Crippen LogP contribution < -0.4 is 5.32 Å². The van der Waals surface area contributed by atoms with E-state index in [0.29, 0.717) is 5.88 Å². The fourth-order valence-corrected chi connectivity index (χ4v) is 2.56. The van der Waals surface area contributed by atoms with Crippen molar-refractivity contribution in [2.24, 2.45) is 0 Å². The van der Waals surface area contributed by atoms with Gasteiger partial charge in [-0.2, -0.15) is 0 Å². The van der Waals surface area contributed by atoms with E-state index >= 15 is 0 Å². The van der Waals surface area contributed by atoms with Gasteiger partial charge in [0, 0.05) is 23.7 Å².